The van der Waals surface area contributed by atoms with Gasteiger partial charge in [0.1, 0.15) is 5.69 Å². The Kier molecular flexibility index (Phi) is 3.89. The molecule has 0 bridgehead atoms. The minimum Gasteiger partial charge on any atom is -0.378 e. The zero-order valence-electron chi connectivity index (χ0n) is 10.3. The Morgan fingerprint density at radius 2 is 2.05 bits per heavy atom. The summed E-state index contributed by atoms with van der Waals surface area (Å²) in [5.41, 5.74) is -0.387. The highest BCUT2D eigenvalue weighted by molar-refractivity contribution is 5.65. The molecule has 9 heteroatoms. The van der Waals surface area contributed by atoms with Crippen LogP contribution in [0.1, 0.15) is 0 Å². The molecule has 1 heterocycles. The normalized spacial score (nSPS) is 10.2. The van der Waals surface area contributed by atoms with Crippen molar-refractivity contribution in [2.24, 2.45) is 0 Å². The Hall–Kier alpha value is -2.97. The SMILES string of the molecule is O=[N+]([O-])c1ccc(NCCn2cccn2)c([N+](=O)[O-])c1. The highest BCUT2D eigenvalue weighted by atomic mass is 16.6. The number of rotatable bonds is 6. The van der Waals surface area contributed by atoms with Crippen LogP contribution < -0.4 is 5.32 Å². The summed E-state index contributed by atoms with van der Waals surface area (Å²) in [4.78, 5) is 20.2. The van der Waals surface area contributed by atoms with Crippen molar-refractivity contribution in [2.45, 2.75) is 6.54 Å². The zero-order chi connectivity index (χ0) is 14.5. The van der Waals surface area contributed by atoms with Gasteiger partial charge in [-0.3, -0.25) is 24.9 Å². The molecule has 0 aliphatic rings. The predicted octanol–water partition coefficient (Wildman–Crippen LogP) is 1.81. The molecule has 0 aliphatic carbocycles. The third-order valence-electron chi connectivity index (χ3n) is 2.60. The maximum absolute atomic E-state index is 10.9. The number of nitro benzene ring substituents is 2. The molecule has 0 fully saturated rings. The average Bonchev–Trinajstić information content (AvgIpc) is 2.91. The van der Waals surface area contributed by atoms with Crippen LogP contribution >= 0.6 is 0 Å². The fourth-order valence-electron chi connectivity index (χ4n) is 1.67. The first-order valence-electron chi connectivity index (χ1n) is 5.72. The van der Waals surface area contributed by atoms with Crippen LogP contribution in [0.3, 0.4) is 0 Å². The van der Waals surface area contributed by atoms with Gasteiger partial charge in [0.25, 0.3) is 11.4 Å². The second kappa shape index (κ2) is 5.78. The van der Waals surface area contributed by atoms with Crippen molar-refractivity contribution >= 4 is 17.1 Å². The van der Waals surface area contributed by atoms with Gasteiger partial charge < -0.3 is 5.32 Å². The lowest BCUT2D eigenvalue weighted by atomic mass is 10.2. The molecule has 1 N–H and O–H groups in total. The molecule has 1 aromatic heterocycles. The summed E-state index contributed by atoms with van der Waals surface area (Å²) in [6.45, 7) is 0.946. The van der Waals surface area contributed by atoms with Gasteiger partial charge in [-0.05, 0) is 12.1 Å². The molecule has 2 rings (SSSR count). The second-order valence-electron chi connectivity index (χ2n) is 3.91. The molecule has 2 aromatic rings. The van der Waals surface area contributed by atoms with Crippen LogP contribution in [0.15, 0.2) is 36.7 Å². The number of non-ortho nitro benzene ring substituents is 1. The molecule has 0 amide bonds. The van der Waals surface area contributed by atoms with Crippen LogP contribution in [0.4, 0.5) is 17.1 Å². The molecule has 0 saturated carbocycles. The van der Waals surface area contributed by atoms with Gasteiger partial charge in [0, 0.05) is 25.0 Å². The van der Waals surface area contributed by atoms with E-state index < -0.39 is 9.85 Å². The predicted molar refractivity (Wildman–Crippen MR) is 70.5 cm³/mol. The van der Waals surface area contributed by atoms with Gasteiger partial charge in [-0.1, -0.05) is 0 Å². The Morgan fingerprint density at radius 3 is 2.65 bits per heavy atom. The van der Waals surface area contributed by atoms with Gasteiger partial charge >= 0.3 is 0 Å². The smallest absolute Gasteiger partial charge is 0.299 e. The fraction of sp³-hybridized carbons (Fsp3) is 0.182. The first-order valence-corrected chi connectivity index (χ1v) is 5.72. The van der Waals surface area contributed by atoms with Crippen LogP contribution in [0.5, 0.6) is 0 Å². The van der Waals surface area contributed by atoms with E-state index in [1.807, 2.05) is 0 Å². The van der Waals surface area contributed by atoms with Crippen LogP contribution in [-0.4, -0.2) is 26.2 Å². The summed E-state index contributed by atoms with van der Waals surface area (Å²) in [5.74, 6) is 0. The molecule has 0 unspecified atom stereocenters. The summed E-state index contributed by atoms with van der Waals surface area (Å²) in [7, 11) is 0. The lowest BCUT2D eigenvalue weighted by molar-refractivity contribution is -0.393. The minimum atomic E-state index is -0.666. The molecule has 104 valence electrons. The highest BCUT2D eigenvalue weighted by Crippen LogP contribution is 2.28. The molecule has 0 atom stereocenters. The van der Waals surface area contributed by atoms with Crippen molar-refractivity contribution < 1.29 is 9.85 Å². The van der Waals surface area contributed by atoms with E-state index in [1.54, 1.807) is 23.1 Å². The summed E-state index contributed by atoms with van der Waals surface area (Å²) in [6, 6.07) is 5.27. The summed E-state index contributed by atoms with van der Waals surface area (Å²) >= 11 is 0. The number of nitrogens with zero attached hydrogens (tertiary/aromatic N) is 4. The van der Waals surface area contributed by atoms with Crippen molar-refractivity contribution in [3.8, 4) is 0 Å². The molecule has 1 aromatic carbocycles. The Bertz CT molecular complexity index is 626. The largest absolute Gasteiger partial charge is 0.378 e. The van der Waals surface area contributed by atoms with Crippen molar-refractivity contribution in [1.82, 2.24) is 9.78 Å². The molecule has 0 aliphatic heterocycles. The van der Waals surface area contributed by atoms with E-state index in [9.17, 15) is 20.2 Å². The van der Waals surface area contributed by atoms with Crippen molar-refractivity contribution in [1.29, 1.82) is 0 Å². The fourth-order valence-corrected chi connectivity index (χ4v) is 1.67. The zero-order valence-corrected chi connectivity index (χ0v) is 10.3. The monoisotopic (exact) mass is 277 g/mol. The topological polar surface area (TPSA) is 116 Å². The maximum atomic E-state index is 10.9. The molecule has 0 saturated heterocycles. The van der Waals surface area contributed by atoms with E-state index >= 15 is 0 Å². The van der Waals surface area contributed by atoms with E-state index in [4.69, 9.17) is 0 Å². The molecule has 20 heavy (non-hydrogen) atoms. The number of hydrogen-bond donors (Lipinski definition) is 1. The molecule has 9 nitrogen and oxygen atoms in total. The Morgan fingerprint density at radius 1 is 1.25 bits per heavy atom. The lowest BCUT2D eigenvalue weighted by Crippen LogP contribution is -2.11. The summed E-state index contributed by atoms with van der Waals surface area (Å²) < 4.78 is 1.67. The number of hydrogen-bond acceptors (Lipinski definition) is 6. The number of nitro groups is 2. The Balaban J connectivity index is 2.10. The van der Waals surface area contributed by atoms with Gasteiger partial charge in [0.2, 0.25) is 0 Å². The van der Waals surface area contributed by atoms with Crippen molar-refractivity contribution in [3.63, 3.8) is 0 Å². The second-order valence-corrected chi connectivity index (χ2v) is 3.91. The van der Waals surface area contributed by atoms with E-state index in [0.717, 1.165) is 6.07 Å². The molecular weight excluding hydrogens is 266 g/mol. The van der Waals surface area contributed by atoms with E-state index in [-0.39, 0.29) is 17.1 Å². The van der Waals surface area contributed by atoms with Crippen LogP contribution in [0.25, 0.3) is 0 Å². The van der Waals surface area contributed by atoms with Gasteiger partial charge in [0.15, 0.2) is 0 Å². The first kappa shape index (κ1) is 13.5. The number of aromatic nitrogens is 2. The van der Waals surface area contributed by atoms with Crippen LogP contribution in [0.2, 0.25) is 0 Å². The molecule has 0 radical (unpaired) electrons. The van der Waals surface area contributed by atoms with Crippen molar-refractivity contribution in [2.75, 3.05) is 11.9 Å². The van der Waals surface area contributed by atoms with E-state index in [0.29, 0.717) is 13.1 Å². The van der Waals surface area contributed by atoms with Gasteiger partial charge in [-0.15, -0.1) is 0 Å². The lowest BCUT2D eigenvalue weighted by Gasteiger charge is -2.07. The quantitative estimate of drug-likeness (QED) is 0.635. The van der Waals surface area contributed by atoms with Gasteiger partial charge in [-0.25, -0.2) is 0 Å². The third-order valence-corrected chi connectivity index (χ3v) is 2.60. The van der Waals surface area contributed by atoms with Crippen LogP contribution in [0, 0.1) is 20.2 Å². The van der Waals surface area contributed by atoms with Gasteiger partial charge in [-0.2, -0.15) is 5.10 Å². The highest BCUT2D eigenvalue weighted by Gasteiger charge is 2.18. The third kappa shape index (κ3) is 3.07. The van der Waals surface area contributed by atoms with Gasteiger partial charge in [0.05, 0.1) is 22.5 Å². The maximum Gasteiger partial charge on any atom is 0.299 e. The average molecular weight is 277 g/mol. The van der Waals surface area contributed by atoms with Crippen molar-refractivity contribution in [3.05, 3.63) is 56.9 Å². The number of anilines is 1. The Labute approximate surface area is 113 Å². The standard InChI is InChI=1S/C11H11N5O4/c17-15(18)9-2-3-10(11(8-9)16(19)20)12-5-7-14-6-1-4-13-14/h1-4,6,8,12H,5,7H2. The van der Waals surface area contributed by atoms with E-state index in [2.05, 4.69) is 10.4 Å². The number of nitrogens with one attached hydrogen (secondary N) is 1. The number of benzene rings is 1. The molecule has 0 spiro atoms. The first-order chi connectivity index (χ1) is 9.58. The summed E-state index contributed by atoms with van der Waals surface area (Å²) in [5, 5.41) is 28.4. The molecular formula is C11H11N5O4. The minimum absolute atomic E-state index is 0.243. The van der Waals surface area contributed by atoms with Crippen LogP contribution in [-0.2, 0) is 6.54 Å². The summed E-state index contributed by atoms with van der Waals surface area (Å²) in [6.07, 6.45) is 3.40. The van der Waals surface area contributed by atoms with E-state index in [1.165, 1.54) is 12.1 Å².